The molecule has 1 aliphatic heterocycles. The van der Waals surface area contributed by atoms with E-state index in [0.29, 0.717) is 11.7 Å². The van der Waals surface area contributed by atoms with Crippen molar-refractivity contribution in [3.05, 3.63) is 28.5 Å². The van der Waals surface area contributed by atoms with Crippen molar-refractivity contribution in [1.29, 1.82) is 0 Å². The van der Waals surface area contributed by atoms with Crippen LogP contribution in [-0.2, 0) is 0 Å². The van der Waals surface area contributed by atoms with Gasteiger partial charge in [-0.15, -0.1) is 0 Å². The van der Waals surface area contributed by atoms with Gasteiger partial charge in [-0.25, -0.2) is 4.39 Å². The van der Waals surface area contributed by atoms with Crippen molar-refractivity contribution < 1.29 is 9.13 Å². The monoisotopic (exact) mass is 229 g/mol. The molecule has 1 saturated heterocycles. The van der Waals surface area contributed by atoms with Crippen LogP contribution in [-0.4, -0.2) is 20.2 Å². The summed E-state index contributed by atoms with van der Waals surface area (Å²) < 4.78 is 18.4. The zero-order chi connectivity index (χ0) is 10.8. The molecular weight excluding hydrogens is 217 g/mol. The Labute approximate surface area is 93.4 Å². The average molecular weight is 230 g/mol. The number of rotatable bonds is 2. The molecule has 0 saturated carbocycles. The lowest BCUT2D eigenvalue weighted by Crippen LogP contribution is -2.09. The summed E-state index contributed by atoms with van der Waals surface area (Å²) in [6.07, 6.45) is 1.04. The van der Waals surface area contributed by atoms with Gasteiger partial charge in [-0.2, -0.15) is 0 Å². The maximum absolute atomic E-state index is 13.2. The van der Waals surface area contributed by atoms with Crippen LogP contribution in [0, 0.1) is 5.82 Å². The highest BCUT2D eigenvalue weighted by Crippen LogP contribution is 2.34. The summed E-state index contributed by atoms with van der Waals surface area (Å²) in [6.45, 7) is 1.89. The number of hydrogen-bond donors (Lipinski definition) is 1. The molecule has 1 atom stereocenters. The average Bonchev–Trinajstić information content (AvgIpc) is 2.74. The van der Waals surface area contributed by atoms with Crippen LogP contribution in [0.5, 0.6) is 5.75 Å². The van der Waals surface area contributed by atoms with Crippen molar-refractivity contribution in [3.63, 3.8) is 0 Å². The van der Waals surface area contributed by atoms with E-state index in [-0.39, 0.29) is 5.02 Å². The van der Waals surface area contributed by atoms with Crippen LogP contribution in [0.4, 0.5) is 4.39 Å². The number of methoxy groups -OCH3 is 1. The van der Waals surface area contributed by atoms with Crippen molar-refractivity contribution in [1.82, 2.24) is 5.32 Å². The summed E-state index contributed by atoms with van der Waals surface area (Å²) in [5.41, 5.74) is 0.994. The van der Waals surface area contributed by atoms with E-state index in [2.05, 4.69) is 5.32 Å². The molecular formula is C11H13ClFNO. The molecule has 1 aliphatic rings. The van der Waals surface area contributed by atoms with Gasteiger partial charge in [-0.1, -0.05) is 11.6 Å². The van der Waals surface area contributed by atoms with Crippen LogP contribution in [0.25, 0.3) is 0 Å². The van der Waals surface area contributed by atoms with Gasteiger partial charge >= 0.3 is 0 Å². The molecule has 0 radical (unpaired) electrons. The highest BCUT2D eigenvalue weighted by Gasteiger charge is 2.21. The fraction of sp³-hybridized carbons (Fsp3) is 0.455. The van der Waals surface area contributed by atoms with Gasteiger partial charge in [0.05, 0.1) is 12.1 Å². The van der Waals surface area contributed by atoms with E-state index in [1.807, 2.05) is 0 Å². The number of benzene rings is 1. The molecule has 1 unspecified atom stereocenters. The van der Waals surface area contributed by atoms with Crippen LogP contribution in [0.1, 0.15) is 17.9 Å². The number of halogens is 2. The normalized spacial score (nSPS) is 20.6. The van der Waals surface area contributed by atoms with Gasteiger partial charge in [0.15, 0.2) is 0 Å². The zero-order valence-electron chi connectivity index (χ0n) is 8.52. The fourth-order valence-corrected chi connectivity index (χ4v) is 2.13. The molecule has 1 aromatic rings. The smallest absolute Gasteiger partial charge is 0.145 e. The minimum atomic E-state index is -0.428. The quantitative estimate of drug-likeness (QED) is 0.842. The van der Waals surface area contributed by atoms with E-state index in [1.165, 1.54) is 6.07 Å². The molecule has 1 N–H and O–H groups in total. The lowest BCUT2D eigenvalue weighted by molar-refractivity contribution is 0.403. The van der Waals surface area contributed by atoms with Crippen LogP contribution in [0.15, 0.2) is 12.1 Å². The van der Waals surface area contributed by atoms with E-state index in [1.54, 1.807) is 13.2 Å². The Morgan fingerprint density at radius 1 is 1.53 bits per heavy atom. The summed E-state index contributed by atoms with van der Waals surface area (Å²) in [6, 6.07) is 3.03. The third kappa shape index (κ3) is 2.08. The van der Waals surface area contributed by atoms with E-state index >= 15 is 0 Å². The first-order valence-corrected chi connectivity index (χ1v) is 5.34. The Bertz CT molecular complexity index is 364. The molecule has 1 fully saturated rings. The molecule has 0 amide bonds. The summed E-state index contributed by atoms with van der Waals surface area (Å²) in [7, 11) is 1.55. The van der Waals surface area contributed by atoms with Crippen LogP contribution in [0.2, 0.25) is 5.02 Å². The highest BCUT2D eigenvalue weighted by atomic mass is 35.5. The number of hydrogen-bond acceptors (Lipinski definition) is 2. The van der Waals surface area contributed by atoms with Gasteiger partial charge in [-0.3, -0.25) is 0 Å². The molecule has 2 nitrogen and oxygen atoms in total. The third-order valence-electron chi connectivity index (χ3n) is 2.77. The van der Waals surface area contributed by atoms with Crippen molar-refractivity contribution in [2.24, 2.45) is 0 Å². The highest BCUT2D eigenvalue weighted by molar-refractivity contribution is 6.30. The Morgan fingerprint density at radius 3 is 2.93 bits per heavy atom. The SMILES string of the molecule is COc1cc(F)c(Cl)cc1C1CCNC1. The Morgan fingerprint density at radius 2 is 2.33 bits per heavy atom. The molecule has 15 heavy (non-hydrogen) atoms. The second kappa shape index (κ2) is 4.37. The Kier molecular flexibility index (Phi) is 3.12. The van der Waals surface area contributed by atoms with Gasteiger partial charge in [0.25, 0.3) is 0 Å². The number of nitrogens with one attached hydrogen (secondary N) is 1. The zero-order valence-corrected chi connectivity index (χ0v) is 9.27. The topological polar surface area (TPSA) is 21.3 Å². The van der Waals surface area contributed by atoms with Crippen LogP contribution >= 0.6 is 11.6 Å². The van der Waals surface area contributed by atoms with Crippen LogP contribution in [0.3, 0.4) is 0 Å². The standard InChI is InChI=1S/C11H13ClFNO/c1-15-11-5-10(13)9(12)4-8(11)7-2-3-14-6-7/h4-5,7,14H,2-3,6H2,1H3. The van der Waals surface area contributed by atoms with Crippen molar-refractivity contribution in [3.8, 4) is 5.75 Å². The van der Waals surface area contributed by atoms with E-state index in [9.17, 15) is 4.39 Å². The fourth-order valence-electron chi connectivity index (χ4n) is 1.96. The molecule has 0 aromatic heterocycles. The lowest BCUT2D eigenvalue weighted by atomic mass is 9.97. The maximum atomic E-state index is 13.2. The molecule has 0 aliphatic carbocycles. The van der Waals surface area contributed by atoms with Crippen molar-refractivity contribution in [2.75, 3.05) is 20.2 Å². The molecule has 82 valence electrons. The first kappa shape index (κ1) is 10.7. The minimum absolute atomic E-state index is 0.165. The molecule has 1 aromatic carbocycles. The third-order valence-corrected chi connectivity index (χ3v) is 3.06. The largest absolute Gasteiger partial charge is 0.496 e. The van der Waals surface area contributed by atoms with Crippen molar-refractivity contribution in [2.45, 2.75) is 12.3 Å². The molecule has 0 bridgehead atoms. The second-order valence-electron chi connectivity index (χ2n) is 3.70. The van der Waals surface area contributed by atoms with Crippen LogP contribution < -0.4 is 10.1 Å². The molecule has 4 heteroatoms. The van der Waals surface area contributed by atoms with E-state index in [0.717, 1.165) is 25.1 Å². The Balaban J connectivity index is 2.39. The number of ether oxygens (including phenoxy) is 1. The van der Waals surface area contributed by atoms with Gasteiger partial charge in [0.2, 0.25) is 0 Å². The molecule has 2 rings (SSSR count). The summed E-state index contributed by atoms with van der Waals surface area (Å²) in [5, 5.41) is 3.43. The van der Waals surface area contributed by atoms with Gasteiger partial charge in [0.1, 0.15) is 11.6 Å². The summed E-state index contributed by atoms with van der Waals surface area (Å²) in [5.74, 6) is 0.534. The summed E-state index contributed by atoms with van der Waals surface area (Å²) >= 11 is 5.77. The summed E-state index contributed by atoms with van der Waals surface area (Å²) in [4.78, 5) is 0. The minimum Gasteiger partial charge on any atom is -0.496 e. The van der Waals surface area contributed by atoms with Gasteiger partial charge in [-0.05, 0) is 19.0 Å². The molecule has 0 spiro atoms. The van der Waals surface area contributed by atoms with E-state index in [4.69, 9.17) is 16.3 Å². The molecule has 1 heterocycles. The van der Waals surface area contributed by atoms with Crippen molar-refractivity contribution >= 4 is 11.6 Å². The maximum Gasteiger partial charge on any atom is 0.145 e. The first-order valence-electron chi connectivity index (χ1n) is 4.96. The predicted octanol–water partition coefficient (Wildman–Crippen LogP) is 2.56. The van der Waals surface area contributed by atoms with Gasteiger partial charge < -0.3 is 10.1 Å². The van der Waals surface area contributed by atoms with E-state index < -0.39 is 5.82 Å². The second-order valence-corrected chi connectivity index (χ2v) is 4.11. The predicted molar refractivity (Wildman–Crippen MR) is 58.2 cm³/mol. The first-order chi connectivity index (χ1) is 7.22. The Hall–Kier alpha value is -0.800. The van der Waals surface area contributed by atoms with Gasteiger partial charge in [0, 0.05) is 24.1 Å². The lowest BCUT2D eigenvalue weighted by Gasteiger charge is -2.14.